The Morgan fingerprint density at radius 3 is 2.83 bits per heavy atom. The fraction of sp³-hybridized carbons (Fsp3) is 0.647. The van der Waals surface area contributed by atoms with E-state index in [4.69, 9.17) is 21.1 Å². The van der Waals surface area contributed by atoms with Crippen molar-refractivity contribution in [2.45, 2.75) is 58.3 Å². The first kappa shape index (κ1) is 18.0. The number of piperidine rings is 1. The molecule has 0 spiro atoms. The van der Waals surface area contributed by atoms with Gasteiger partial charge in [0.25, 0.3) is 0 Å². The van der Waals surface area contributed by atoms with Gasteiger partial charge in [0.2, 0.25) is 0 Å². The molecule has 1 aliphatic heterocycles. The molecule has 1 aromatic rings. The van der Waals surface area contributed by atoms with Gasteiger partial charge in [-0.3, -0.25) is 0 Å². The van der Waals surface area contributed by atoms with Gasteiger partial charge in [-0.05, 0) is 51.7 Å². The predicted molar refractivity (Wildman–Crippen MR) is 89.5 cm³/mol. The minimum atomic E-state index is -0.477. The smallest absolute Gasteiger partial charge is 0.410 e. The molecule has 1 unspecified atom stereocenters. The molecule has 0 radical (unpaired) electrons. The molecule has 1 amide bonds. The minimum absolute atomic E-state index is 0.0684. The fourth-order valence-corrected chi connectivity index (χ4v) is 2.65. The summed E-state index contributed by atoms with van der Waals surface area (Å²) in [5.41, 5.74) is 0.489. The molecular weight excluding hydrogens is 316 g/mol. The average molecular weight is 341 g/mol. The van der Waals surface area contributed by atoms with Crippen LogP contribution < -0.4 is 0 Å². The molecule has 0 aromatic carbocycles. The lowest BCUT2D eigenvalue weighted by molar-refractivity contribution is -0.00999. The number of halogens is 1. The van der Waals surface area contributed by atoms with Crippen molar-refractivity contribution >= 4 is 17.7 Å². The molecule has 1 atom stereocenters. The van der Waals surface area contributed by atoms with E-state index < -0.39 is 5.60 Å². The van der Waals surface area contributed by atoms with Crippen LogP contribution in [0.25, 0.3) is 0 Å². The summed E-state index contributed by atoms with van der Waals surface area (Å²) in [6, 6.07) is 3.70. The Balaban J connectivity index is 1.86. The normalized spacial score (nSPS) is 18.8. The van der Waals surface area contributed by atoms with Crippen LogP contribution in [0, 0.1) is 0 Å². The summed E-state index contributed by atoms with van der Waals surface area (Å²) in [4.78, 5) is 18.1. The van der Waals surface area contributed by atoms with E-state index in [1.165, 1.54) is 0 Å². The van der Waals surface area contributed by atoms with Gasteiger partial charge in [-0.1, -0.05) is 17.7 Å². The Morgan fingerprint density at radius 2 is 2.17 bits per heavy atom. The predicted octanol–water partition coefficient (Wildman–Crippen LogP) is 4.04. The quantitative estimate of drug-likeness (QED) is 0.776. The molecule has 0 aliphatic carbocycles. The van der Waals surface area contributed by atoms with E-state index in [0.717, 1.165) is 31.4 Å². The number of rotatable bonds is 4. The summed E-state index contributed by atoms with van der Waals surface area (Å²) >= 11 is 5.76. The van der Waals surface area contributed by atoms with Crippen LogP contribution in [-0.2, 0) is 16.1 Å². The van der Waals surface area contributed by atoms with Crippen LogP contribution in [0.3, 0.4) is 0 Å². The zero-order valence-corrected chi connectivity index (χ0v) is 14.8. The number of likely N-dealkylation sites (tertiary alicyclic amines) is 1. The van der Waals surface area contributed by atoms with Gasteiger partial charge >= 0.3 is 6.09 Å². The second-order valence-corrected chi connectivity index (χ2v) is 7.21. The summed E-state index contributed by atoms with van der Waals surface area (Å²) in [5.74, 6) is 0. The van der Waals surface area contributed by atoms with E-state index in [0.29, 0.717) is 18.4 Å². The molecule has 0 N–H and O–H groups in total. The molecule has 128 valence electrons. The van der Waals surface area contributed by atoms with E-state index in [1.54, 1.807) is 17.2 Å². The van der Waals surface area contributed by atoms with Crippen molar-refractivity contribution in [1.82, 2.24) is 9.88 Å². The van der Waals surface area contributed by atoms with E-state index in [1.807, 2.05) is 26.8 Å². The van der Waals surface area contributed by atoms with Crippen LogP contribution in [0.5, 0.6) is 0 Å². The third-order valence-electron chi connectivity index (χ3n) is 3.62. The van der Waals surface area contributed by atoms with E-state index in [9.17, 15) is 4.79 Å². The Hall–Kier alpha value is -1.33. The third-order valence-corrected chi connectivity index (χ3v) is 3.85. The highest BCUT2D eigenvalue weighted by Gasteiger charge is 2.30. The number of pyridine rings is 1. The molecule has 23 heavy (non-hydrogen) atoms. The van der Waals surface area contributed by atoms with Gasteiger partial charge in [0.15, 0.2) is 0 Å². The van der Waals surface area contributed by atoms with Gasteiger partial charge in [-0.15, -0.1) is 0 Å². The molecule has 0 bridgehead atoms. The van der Waals surface area contributed by atoms with Crippen LogP contribution in [0.4, 0.5) is 4.79 Å². The Labute approximate surface area is 142 Å². The van der Waals surface area contributed by atoms with Crippen LogP contribution in [0.15, 0.2) is 18.3 Å². The second-order valence-electron chi connectivity index (χ2n) is 6.83. The molecular formula is C17H25ClN2O3. The van der Waals surface area contributed by atoms with Crippen molar-refractivity contribution in [3.63, 3.8) is 0 Å². The minimum Gasteiger partial charge on any atom is -0.444 e. The number of hydrogen-bond acceptors (Lipinski definition) is 4. The fourth-order valence-electron chi connectivity index (χ4n) is 2.54. The van der Waals surface area contributed by atoms with Gasteiger partial charge in [-0.2, -0.15) is 0 Å². The number of aromatic nitrogens is 1. The van der Waals surface area contributed by atoms with Crippen molar-refractivity contribution in [2.75, 3.05) is 13.2 Å². The molecule has 1 saturated heterocycles. The molecule has 1 fully saturated rings. The summed E-state index contributed by atoms with van der Waals surface area (Å²) < 4.78 is 11.3. The zero-order valence-electron chi connectivity index (χ0n) is 14.0. The summed E-state index contributed by atoms with van der Waals surface area (Å²) in [6.07, 6.45) is 4.51. The van der Waals surface area contributed by atoms with Crippen LogP contribution >= 0.6 is 11.6 Å². The Kier molecular flexibility index (Phi) is 6.25. The van der Waals surface area contributed by atoms with Crippen molar-refractivity contribution in [2.24, 2.45) is 0 Å². The van der Waals surface area contributed by atoms with E-state index >= 15 is 0 Å². The highest BCUT2D eigenvalue weighted by molar-refractivity contribution is 6.29. The molecule has 0 saturated carbocycles. The molecule has 1 aliphatic rings. The first-order valence-electron chi connectivity index (χ1n) is 8.03. The molecule has 6 heteroatoms. The van der Waals surface area contributed by atoms with Gasteiger partial charge in [-0.25, -0.2) is 9.78 Å². The number of ether oxygens (including phenoxy) is 2. The lowest BCUT2D eigenvalue weighted by Crippen LogP contribution is -2.48. The topological polar surface area (TPSA) is 51.7 Å². The zero-order chi connectivity index (χ0) is 16.9. The lowest BCUT2D eigenvalue weighted by Gasteiger charge is -2.36. The standard InChI is InChI=1S/C17H25ClN2O3/c1-17(2,3)23-16(21)20-9-5-4-6-14(20)12-22-11-13-7-8-15(18)19-10-13/h7-8,10,14H,4-6,9,11-12H2,1-3H3. The van der Waals surface area contributed by atoms with Crippen molar-refractivity contribution in [3.8, 4) is 0 Å². The first-order chi connectivity index (χ1) is 10.8. The van der Waals surface area contributed by atoms with Crippen molar-refractivity contribution in [1.29, 1.82) is 0 Å². The van der Waals surface area contributed by atoms with Gasteiger partial charge in [0, 0.05) is 12.7 Å². The van der Waals surface area contributed by atoms with Crippen LogP contribution in [0.1, 0.15) is 45.6 Å². The third kappa shape index (κ3) is 5.99. The number of carbonyl (C=O) groups is 1. The highest BCUT2D eigenvalue weighted by Crippen LogP contribution is 2.21. The summed E-state index contributed by atoms with van der Waals surface area (Å²) in [7, 11) is 0. The number of nitrogens with zero attached hydrogens (tertiary/aromatic N) is 2. The number of hydrogen-bond donors (Lipinski definition) is 0. The van der Waals surface area contributed by atoms with E-state index in [2.05, 4.69) is 4.98 Å². The number of amides is 1. The van der Waals surface area contributed by atoms with Crippen LogP contribution in [0.2, 0.25) is 5.15 Å². The molecule has 2 rings (SSSR count). The lowest BCUT2D eigenvalue weighted by atomic mass is 10.0. The second kappa shape index (κ2) is 7.97. The summed E-state index contributed by atoms with van der Waals surface area (Å²) in [5, 5.41) is 0.470. The Bertz CT molecular complexity index is 514. The van der Waals surface area contributed by atoms with Crippen molar-refractivity contribution in [3.05, 3.63) is 29.0 Å². The SMILES string of the molecule is CC(C)(C)OC(=O)N1CCCCC1COCc1ccc(Cl)nc1. The maximum atomic E-state index is 12.3. The Morgan fingerprint density at radius 1 is 1.39 bits per heavy atom. The summed E-state index contributed by atoms with van der Waals surface area (Å²) in [6.45, 7) is 7.34. The largest absolute Gasteiger partial charge is 0.444 e. The average Bonchev–Trinajstić information content (AvgIpc) is 2.48. The van der Waals surface area contributed by atoms with E-state index in [-0.39, 0.29) is 12.1 Å². The molecule has 1 aromatic heterocycles. The highest BCUT2D eigenvalue weighted by atomic mass is 35.5. The van der Waals surface area contributed by atoms with Crippen LogP contribution in [-0.4, -0.2) is 40.8 Å². The first-order valence-corrected chi connectivity index (χ1v) is 8.41. The molecule has 2 heterocycles. The van der Waals surface area contributed by atoms with Gasteiger partial charge < -0.3 is 14.4 Å². The maximum absolute atomic E-state index is 12.3. The van der Waals surface area contributed by atoms with Gasteiger partial charge in [0.05, 0.1) is 19.3 Å². The maximum Gasteiger partial charge on any atom is 0.410 e. The number of carbonyl (C=O) groups excluding carboxylic acids is 1. The monoisotopic (exact) mass is 340 g/mol. The van der Waals surface area contributed by atoms with Crippen molar-refractivity contribution < 1.29 is 14.3 Å². The van der Waals surface area contributed by atoms with Gasteiger partial charge in [0.1, 0.15) is 10.8 Å². The molecule has 5 nitrogen and oxygen atoms in total.